The number of aryl methyl sites for hydroxylation is 3. The van der Waals surface area contributed by atoms with Crippen LogP contribution in [0.15, 0.2) is 28.9 Å². The van der Waals surface area contributed by atoms with Gasteiger partial charge in [-0.05, 0) is 38.0 Å². The highest BCUT2D eigenvalue weighted by Crippen LogP contribution is 2.20. The molecule has 0 amide bonds. The molecule has 102 valence electrons. The van der Waals surface area contributed by atoms with Gasteiger partial charge >= 0.3 is 0 Å². The van der Waals surface area contributed by atoms with E-state index in [1.807, 2.05) is 11.7 Å². The van der Waals surface area contributed by atoms with Gasteiger partial charge in [-0.1, -0.05) is 28.1 Å². The summed E-state index contributed by atoms with van der Waals surface area (Å²) in [6.45, 7) is 7.17. The van der Waals surface area contributed by atoms with Crippen LogP contribution in [0.4, 0.5) is 0 Å². The van der Waals surface area contributed by atoms with Crippen LogP contribution < -0.4 is 5.32 Å². The predicted octanol–water partition coefficient (Wildman–Crippen LogP) is 3.65. The van der Waals surface area contributed by atoms with Crippen LogP contribution in [0.3, 0.4) is 0 Å². The van der Waals surface area contributed by atoms with Gasteiger partial charge < -0.3 is 5.32 Å². The Bertz CT molecular complexity index is 575. The molecule has 1 N–H and O–H groups in total. The fraction of sp³-hybridized carbons (Fsp3) is 0.400. The molecule has 0 aliphatic carbocycles. The van der Waals surface area contributed by atoms with Crippen LogP contribution in [-0.2, 0) is 13.6 Å². The first-order chi connectivity index (χ1) is 8.97. The minimum atomic E-state index is 0.293. The van der Waals surface area contributed by atoms with Crippen molar-refractivity contribution in [3.8, 4) is 0 Å². The van der Waals surface area contributed by atoms with Crippen molar-refractivity contribution in [3.63, 3.8) is 0 Å². The first-order valence-corrected chi connectivity index (χ1v) is 7.25. The van der Waals surface area contributed by atoms with E-state index in [4.69, 9.17) is 0 Å². The predicted molar refractivity (Wildman–Crippen MR) is 82.1 cm³/mol. The lowest BCUT2D eigenvalue weighted by Crippen LogP contribution is -2.18. The van der Waals surface area contributed by atoms with Crippen molar-refractivity contribution in [2.24, 2.45) is 7.05 Å². The maximum Gasteiger partial charge on any atom is 0.0641 e. The monoisotopic (exact) mass is 321 g/mol. The van der Waals surface area contributed by atoms with Crippen molar-refractivity contribution in [1.29, 1.82) is 0 Å². The Morgan fingerprint density at radius 2 is 2.11 bits per heavy atom. The number of nitrogens with one attached hydrogen (secondary N) is 1. The number of halogens is 1. The molecule has 3 nitrogen and oxygen atoms in total. The zero-order valence-corrected chi connectivity index (χ0v) is 13.5. The van der Waals surface area contributed by atoms with E-state index in [2.05, 4.69) is 71.5 Å². The summed E-state index contributed by atoms with van der Waals surface area (Å²) in [7, 11) is 1.96. The lowest BCUT2D eigenvalue weighted by atomic mass is 10.1. The topological polar surface area (TPSA) is 29.9 Å². The van der Waals surface area contributed by atoms with Crippen molar-refractivity contribution < 1.29 is 0 Å². The molecule has 4 heteroatoms. The summed E-state index contributed by atoms with van der Waals surface area (Å²) < 4.78 is 3.03. The van der Waals surface area contributed by atoms with E-state index in [9.17, 15) is 0 Å². The average molecular weight is 322 g/mol. The highest BCUT2D eigenvalue weighted by molar-refractivity contribution is 9.10. The molecule has 0 unspecified atom stereocenters. The number of hydrogen-bond donors (Lipinski definition) is 1. The Morgan fingerprint density at radius 3 is 2.68 bits per heavy atom. The molecule has 0 radical (unpaired) electrons. The van der Waals surface area contributed by atoms with E-state index in [1.54, 1.807) is 0 Å². The maximum absolute atomic E-state index is 4.38. The zero-order chi connectivity index (χ0) is 14.0. The second kappa shape index (κ2) is 5.88. The Labute approximate surface area is 123 Å². The minimum absolute atomic E-state index is 0.293. The SMILES string of the molecule is Cc1ccc(CN[C@H](C)c2cn(C)nc2C)c(Br)c1. The van der Waals surface area contributed by atoms with E-state index < -0.39 is 0 Å². The summed E-state index contributed by atoms with van der Waals surface area (Å²) in [5.41, 5.74) is 4.89. The number of aromatic nitrogens is 2. The molecule has 0 saturated carbocycles. The van der Waals surface area contributed by atoms with Gasteiger partial charge in [-0.15, -0.1) is 0 Å². The van der Waals surface area contributed by atoms with Crippen LogP contribution in [0.5, 0.6) is 0 Å². The largest absolute Gasteiger partial charge is 0.306 e. The average Bonchev–Trinajstić information content (AvgIpc) is 2.67. The molecular weight excluding hydrogens is 302 g/mol. The molecule has 0 spiro atoms. The highest BCUT2D eigenvalue weighted by atomic mass is 79.9. The molecule has 1 aromatic heterocycles. The quantitative estimate of drug-likeness (QED) is 0.931. The van der Waals surface area contributed by atoms with Gasteiger partial charge in [0.05, 0.1) is 5.69 Å². The molecular formula is C15H20BrN3. The van der Waals surface area contributed by atoms with E-state index in [1.165, 1.54) is 16.7 Å². The summed E-state index contributed by atoms with van der Waals surface area (Å²) in [6.07, 6.45) is 2.08. The number of rotatable bonds is 4. The Balaban J connectivity index is 2.04. The van der Waals surface area contributed by atoms with E-state index in [0.717, 1.165) is 16.7 Å². The van der Waals surface area contributed by atoms with E-state index in [0.29, 0.717) is 6.04 Å². The lowest BCUT2D eigenvalue weighted by molar-refractivity contribution is 0.571. The normalized spacial score (nSPS) is 12.7. The molecule has 1 heterocycles. The molecule has 1 atom stereocenters. The van der Waals surface area contributed by atoms with Gasteiger partial charge in [0.2, 0.25) is 0 Å². The molecule has 0 saturated heterocycles. The standard InChI is InChI=1S/C15H20BrN3/c1-10-5-6-13(15(16)7-10)8-17-11(2)14-9-19(4)18-12(14)3/h5-7,9,11,17H,8H2,1-4H3/t11-/m1/s1. The second-order valence-electron chi connectivity index (χ2n) is 5.04. The van der Waals surface area contributed by atoms with Crippen molar-refractivity contribution in [2.75, 3.05) is 0 Å². The number of nitrogens with zero attached hydrogens (tertiary/aromatic N) is 2. The lowest BCUT2D eigenvalue weighted by Gasteiger charge is -2.14. The third-order valence-electron chi connectivity index (χ3n) is 3.33. The first kappa shape index (κ1) is 14.3. The molecule has 1 aromatic carbocycles. The molecule has 2 rings (SSSR count). The van der Waals surface area contributed by atoms with Gasteiger partial charge in [0.1, 0.15) is 0 Å². The highest BCUT2D eigenvalue weighted by Gasteiger charge is 2.11. The molecule has 0 aliphatic rings. The van der Waals surface area contributed by atoms with Gasteiger partial charge in [-0.3, -0.25) is 4.68 Å². The molecule has 0 aliphatic heterocycles. The molecule has 0 fully saturated rings. The van der Waals surface area contributed by atoms with Crippen LogP contribution in [-0.4, -0.2) is 9.78 Å². The van der Waals surface area contributed by atoms with Gasteiger partial charge in [-0.25, -0.2) is 0 Å². The zero-order valence-electron chi connectivity index (χ0n) is 11.9. The van der Waals surface area contributed by atoms with Gasteiger partial charge in [0, 0.05) is 35.9 Å². The van der Waals surface area contributed by atoms with E-state index in [-0.39, 0.29) is 0 Å². The number of benzene rings is 1. The summed E-state index contributed by atoms with van der Waals surface area (Å²) in [5, 5.41) is 7.93. The summed E-state index contributed by atoms with van der Waals surface area (Å²) >= 11 is 3.62. The van der Waals surface area contributed by atoms with Crippen molar-refractivity contribution in [1.82, 2.24) is 15.1 Å². The fourth-order valence-corrected chi connectivity index (χ4v) is 2.85. The second-order valence-corrected chi connectivity index (χ2v) is 5.90. The maximum atomic E-state index is 4.38. The summed E-state index contributed by atoms with van der Waals surface area (Å²) in [5.74, 6) is 0. The van der Waals surface area contributed by atoms with Crippen molar-refractivity contribution in [3.05, 3.63) is 51.3 Å². The van der Waals surface area contributed by atoms with Crippen molar-refractivity contribution >= 4 is 15.9 Å². The minimum Gasteiger partial charge on any atom is -0.306 e. The third-order valence-corrected chi connectivity index (χ3v) is 4.06. The van der Waals surface area contributed by atoms with E-state index >= 15 is 0 Å². The smallest absolute Gasteiger partial charge is 0.0641 e. The van der Waals surface area contributed by atoms with Crippen LogP contribution in [0.25, 0.3) is 0 Å². The van der Waals surface area contributed by atoms with Gasteiger partial charge in [0.15, 0.2) is 0 Å². The van der Waals surface area contributed by atoms with Gasteiger partial charge in [0.25, 0.3) is 0 Å². The van der Waals surface area contributed by atoms with Crippen LogP contribution in [0.1, 0.15) is 35.3 Å². The summed E-state index contributed by atoms with van der Waals surface area (Å²) in [6, 6.07) is 6.75. The third kappa shape index (κ3) is 3.45. The Kier molecular flexibility index (Phi) is 4.42. The fourth-order valence-electron chi connectivity index (χ4n) is 2.21. The Hall–Kier alpha value is -1.13. The molecule has 0 bridgehead atoms. The first-order valence-electron chi connectivity index (χ1n) is 6.46. The molecule has 19 heavy (non-hydrogen) atoms. The van der Waals surface area contributed by atoms with Crippen LogP contribution in [0.2, 0.25) is 0 Å². The van der Waals surface area contributed by atoms with Crippen LogP contribution >= 0.6 is 15.9 Å². The van der Waals surface area contributed by atoms with Gasteiger partial charge in [-0.2, -0.15) is 5.10 Å². The Morgan fingerprint density at radius 1 is 1.37 bits per heavy atom. The van der Waals surface area contributed by atoms with Crippen molar-refractivity contribution in [2.45, 2.75) is 33.4 Å². The number of hydrogen-bond acceptors (Lipinski definition) is 2. The van der Waals surface area contributed by atoms with Crippen LogP contribution in [0, 0.1) is 13.8 Å². The summed E-state index contributed by atoms with van der Waals surface area (Å²) in [4.78, 5) is 0. The molecule has 2 aromatic rings.